The molecule has 2 atom stereocenters. The lowest BCUT2D eigenvalue weighted by Gasteiger charge is -2.21. The number of carboxylic acid groups (broad SMARTS) is 1. The van der Waals surface area contributed by atoms with Crippen molar-refractivity contribution in [3.05, 3.63) is 30.1 Å². The minimum absolute atomic E-state index is 0.192. The summed E-state index contributed by atoms with van der Waals surface area (Å²) >= 11 is 0. The molecule has 0 amide bonds. The number of methoxy groups -OCH3 is 1. The van der Waals surface area contributed by atoms with Gasteiger partial charge in [-0.05, 0) is 24.3 Å². The molecule has 0 bridgehead atoms. The first-order valence-electron chi connectivity index (χ1n) is 5.28. The number of hydrogen-bond donors (Lipinski definition) is 2. The summed E-state index contributed by atoms with van der Waals surface area (Å²) < 4.78 is 17.6. The van der Waals surface area contributed by atoms with Crippen LogP contribution in [0.25, 0.3) is 0 Å². The van der Waals surface area contributed by atoms with Gasteiger partial charge >= 0.3 is 5.97 Å². The van der Waals surface area contributed by atoms with E-state index in [1.54, 1.807) is 6.92 Å². The van der Waals surface area contributed by atoms with E-state index in [0.717, 1.165) is 0 Å². The van der Waals surface area contributed by atoms with E-state index in [1.807, 2.05) is 0 Å². The van der Waals surface area contributed by atoms with Crippen LogP contribution in [-0.4, -0.2) is 30.8 Å². The highest BCUT2D eigenvalue weighted by Gasteiger charge is 2.24. The average molecular weight is 241 g/mol. The van der Waals surface area contributed by atoms with Gasteiger partial charge in [0.15, 0.2) is 0 Å². The Morgan fingerprint density at radius 2 is 2.06 bits per heavy atom. The number of aliphatic carboxylic acids is 1. The Kier molecular flexibility index (Phi) is 4.90. The summed E-state index contributed by atoms with van der Waals surface area (Å²) in [5.74, 6) is -1.51. The molecule has 1 rings (SSSR count). The molecule has 0 fully saturated rings. The maximum Gasteiger partial charge on any atom is 0.326 e. The molecular weight excluding hydrogens is 225 g/mol. The molecule has 0 aliphatic heterocycles. The summed E-state index contributed by atoms with van der Waals surface area (Å²) in [4.78, 5) is 11.1. The van der Waals surface area contributed by atoms with Crippen LogP contribution >= 0.6 is 0 Å². The number of carbonyl (C=O) groups is 1. The Labute approximate surface area is 99.4 Å². The molecule has 5 heteroatoms. The van der Waals surface area contributed by atoms with Gasteiger partial charge in [0.05, 0.1) is 6.61 Å². The van der Waals surface area contributed by atoms with Gasteiger partial charge in [0.1, 0.15) is 11.9 Å². The Morgan fingerprint density at radius 3 is 2.53 bits per heavy atom. The van der Waals surface area contributed by atoms with Gasteiger partial charge in [-0.2, -0.15) is 0 Å². The van der Waals surface area contributed by atoms with Gasteiger partial charge in [0.25, 0.3) is 0 Å². The van der Waals surface area contributed by atoms with E-state index in [1.165, 1.54) is 31.4 Å². The summed E-state index contributed by atoms with van der Waals surface area (Å²) in [7, 11) is 1.52. The number of nitrogens with one attached hydrogen (secondary N) is 1. The molecule has 0 aliphatic carbocycles. The highest BCUT2D eigenvalue weighted by molar-refractivity contribution is 5.77. The highest BCUT2D eigenvalue weighted by Crippen LogP contribution is 2.14. The Bertz CT molecular complexity index is 367. The summed E-state index contributed by atoms with van der Waals surface area (Å²) in [5, 5.41) is 11.9. The summed E-state index contributed by atoms with van der Waals surface area (Å²) in [6.45, 7) is 2.12. The maximum atomic E-state index is 12.7. The van der Waals surface area contributed by atoms with Gasteiger partial charge in [0.2, 0.25) is 0 Å². The van der Waals surface area contributed by atoms with Gasteiger partial charge in [-0.25, -0.2) is 9.18 Å². The third-order valence-electron chi connectivity index (χ3n) is 2.43. The third kappa shape index (κ3) is 4.03. The van der Waals surface area contributed by atoms with Gasteiger partial charge in [-0.3, -0.25) is 0 Å². The van der Waals surface area contributed by atoms with Crippen molar-refractivity contribution in [2.75, 3.05) is 19.0 Å². The standard InChI is InChI=1S/C12H16FNO3/c1-8(7-17-2)11(12(15)16)14-10-5-3-9(13)4-6-10/h3-6,8,11,14H,7H2,1-2H3,(H,15,16). The van der Waals surface area contributed by atoms with E-state index in [2.05, 4.69) is 5.32 Å². The number of carboxylic acids is 1. The molecule has 0 spiro atoms. The number of benzene rings is 1. The second-order valence-corrected chi connectivity index (χ2v) is 3.90. The fourth-order valence-corrected chi connectivity index (χ4v) is 1.53. The first-order chi connectivity index (χ1) is 8.04. The number of hydrogen-bond acceptors (Lipinski definition) is 3. The average Bonchev–Trinajstić information content (AvgIpc) is 2.28. The third-order valence-corrected chi connectivity index (χ3v) is 2.43. The molecule has 0 saturated carbocycles. The van der Waals surface area contributed by atoms with Crippen molar-refractivity contribution in [3.8, 4) is 0 Å². The van der Waals surface area contributed by atoms with Crippen LogP contribution in [0.3, 0.4) is 0 Å². The molecule has 17 heavy (non-hydrogen) atoms. The van der Waals surface area contributed by atoms with Crippen molar-refractivity contribution >= 4 is 11.7 Å². The molecular formula is C12H16FNO3. The molecule has 0 radical (unpaired) electrons. The monoisotopic (exact) mass is 241 g/mol. The Hall–Kier alpha value is -1.62. The van der Waals surface area contributed by atoms with E-state index < -0.39 is 12.0 Å². The zero-order valence-electron chi connectivity index (χ0n) is 9.81. The van der Waals surface area contributed by atoms with E-state index in [-0.39, 0.29) is 11.7 Å². The van der Waals surface area contributed by atoms with Crippen LogP contribution in [0.5, 0.6) is 0 Å². The van der Waals surface area contributed by atoms with Crippen LogP contribution in [0.1, 0.15) is 6.92 Å². The molecule has 0 heterocycles. The molecule has 2 N–H and O–H groups in total. The van der Waals surface area contributed by atoms with Crippen molar-refractivity contribution < 1.29 is 19.0 Å². The topological polar surface area (TPSA) is 58.6 Å². The van der Waals surface area contributed by atoms with Crippen molar-refractivity contribution in [2.24, 2.45) is 5.92 Å². The van der Waals surface area contributed by atoms with E-state index >= 15 is 0 Å². The van der Waals surface area contributed by atoms with Gasteiger partial charge in [-0.1, -0.05) is 6.92 Å². The molecule has 94 valence electrons. The molecule has 2 unspecified atom stereocenters. The fourth-order valence-electron chi connectivity index (χ4n) is 1.53. The van der Waals surface area contributed by atoms with Crippen LogP contribution in [-0.2, 0) is 9.53 Å². The van der Waals surface area contributed by atoms with Crippen molar-refractivity contribution in [2.45, 2.75) is 13.0 Å². The fraction of sp³-hybridized carbons (Fsp3) is 0.417. The highest BCUT2D eigenvalue weighted by atomic mass is 19.1. The molecule has 1 aromatic carbocycles. The number of rotatable bonds is 6. The summed E-state index contributed by atoms with van der Waals surface area (Å²) in [6.07, 6.45) is 0. The van der Waals surface area contributed by atoms with Gasteiger partial charge in [0, 0.05) is 18.7 Å². The van der Waals surface area contributed by atoms with E-state index in [4.69, 9.17) is 9.84 Å². The first kappa shape index (κ1) is 13.4. The predicted molar refractivity (Wildman–Crippen MR) is 62.5 cm³/mol. The maximum absolute atomic E-state index is 12.7. The van der Waals surface area contributed by atoms with Crippen molar-refractivity contribution in [1.29, 1.82) is 0 Å². The normalized spacial score (nSPS) is 14.1. The molecule has 0 aliphatic rings. The second-order valence-electron chi connectivity index (χ2n) is 3.90. The van der Waals surface area contributed by atoms with E-state index in [9.17, 15) is 9.18 Å². The Balaban J connectivity index is 2.73. The molecule has 1 aromatic rings. The summed E-state index contributed by atoms with van der Waals surface area (Å²) in [5.41, 5.74) is 0.571. The lowest BCUT2D eigenvalue weighted by molar-refractivity contribution is -0.139. The van der Waals surface area contributed by atoms with Crippen LogP contribution < -0.4 is 5.32 Å². The Morgan fingerprint density at radius 1 is 1.47 bits per heavy atom. The second kappa shape index (κ2) is 6.20. The van der Waals surface area contributed by atoms with Crippen LogP contribution in [0.2, 0.25) is 0 Å². The number of anilines is 1. The predicted octanol–water partition coefficient (Wildman–Crippen LogP) is 1.97. The van der Waals surface area contributed by atoms with E-state index in [0.29, 0.717) is 12.3 Å². The summed E-state index contributed by atoms with van der Waals surface area (Å²) in [6, 6.07) is 4.81. The smallest absolute Gasteiger partial charge is 0.326 e. The van der Waals surface area contributed by atoms with Crippen LogP contribution in [0, 0.1) is 11.7 Å². The molecule has 0 saturated heterocycles. The lowest BCUT2D eigenvalue weighted by Crippen LogP contribution is -2.37. The SMILES string of the molecule is COCC(C)C(Nc1ccc(F)cc1)C(=O)O. The zero-order chi connectivity index (χ0) is 12.8. The number of halogens is 1. The molecule has 0 aromatic heterocycles. The van der Waals surface area contributed by atoms with Crippen molar-refractivity contribution in [1.82, 2.24) is 0 Å². The van der Waals surface area contributed by atoms with Crippen LogP contribution in [0.15, 0.2) is 24.3 Å². The minimum atomic E-state index is -0.959. The zero-order valence-corrected chi connectivity index (χ0v) is 9.81. The van der Waals surface area contributed by atoms with Crippen molar-refractivity contribution in [3.63, 3.8) is 0 Å². The lowest BCUT2D eigenvalue weighted by atomic mass is 10.0. The van der Waals surface area contributed by atoms with Crippen LogP contribution in [0.4, 0.5) is 10.1 Å². The first-order valence-corrected chi connectivity index (χ1v) is 5.28. The quantitative estimate of drug-likeness (QED) is 0.799. The van der Waals surface area contributed by atoms with Gasteiger partial charge in [-0.15, -0.1) is 0 Å². The number of ether oxygens (including phenoxy) is 1. The minimum Gasteiger partial charge on any atom is -0.480 e. The van der Waals surface area contributed by atoms with Gasteiger partial charge < -0.3 is 15.2 Å². The molecule has 4 nitrogen and oxygen atoms in total. The largest absolute Gasteiger partial charge is 0.480 e.